The van der Waals surface area contributed by atoms with Crippen LogP contribution >= 0.6 is 11.3 Å². The number of benzene rings is 11. The number of pyridine rings is 2. The average molecular weight is 1140 g/mol. The molecule has 5 aromatic heterocycles. The number of thiophene rings is 1. The van der Waals surface area contributed by atoms with Gasteiger partial charge in [-0.05, 0) is 118 Å². The summed E-state index contributed by atoms with van der Waals surface area (Å²) < 4.78 is 6.09. The summed E-state index contributed by atoms with van der Waals surface area (Å²) in [6, 6.07) is 111. The van der Waals surface area contributed by atoms with E-state index in [0.717, 1.165) is 44.2 Å². The molecule has 7 heteroatoms. The molecular weight excluding hydrogens is 1080 g/mol. The Morgan fingerprint density at radius 1 is 0.271 bits per heavy atom. The third kappa shape index (κ3) is 8.15. The number of rotatable bonds is 12. The molecule has 0 saturated carbocycles. The van der Waals surface area contributed by atoms with E-state index in [4.69, 9.17) is 9.97 Å². The topological polar surface area (TPSA) is 35.6 Å². The molecule has 0 N–H and O–H groups in total. The zero-order valence-corrected chi connectivity index (χ0v) is 49.2. The van der Waals surface area contributed by atoms with Gasteiger partial charge in [-0.2, -0.15) is 0 Å². The van der Waals surface area contributed by atoms with Crippen molar-refractivity contribution in [2.24, 2.45) is 0 Å². The van der Waals surface area contributed by atoms with Crippen LogP contribution < -0.4 is 41.5 Å². The van der Waals surface area contributed by atoms with Crippen LogP contribution in [0.25, 0.3) is 87.3 Å². The number of hydrogen-bond acceptors (Lipinski definition) is 3. The van der Waals surface area contributed by atoms with Crippen LogP contribution in [0, 0.1) is 0 Å². The molecule has 0 saturated heterocycles. The van der Waals surface area contributed by atoms with E-state index < -0.39 is 16.1 Å². The molecule has 0 unspecified atom stereocenters. The largest absolute Gasteiger partial charge is 0.309 e. The van der Waals surface area contributed by atoms with Gasteiger partial charge in [-0.25, -0.2) is 0 Å². The highest BCUT2D eigenvalue weighted by Gasteiger charge is 2.42. The molecule has 0 amide bonds. The van der Waals surface area contributed by atoms with E-state index in [1.165, 1.54) is 84.6 Å². The first-order chi connectivity index (χ1) is 42.2. The monoisotopic (exact) mass is 1130 g/mol. The zero-order chi connectivity index (χ0) is 56.3. The van der Waals surface area contributed by atoms with Crippen LogP contribution in [0.1, 0.15) is 0 Å². The summed E-state index contributed by atoms with van der Waals surface area (Å²) in [5.74, 6) is 0. The van der Waals surface area contributed by atoms with Crippen molar-refractivity contribution in [1.82, 2.24) is 19.1 Å². The Labute approximate surface area is 499 Å². The maximum Gasteiger partial charge on any atom is 0.179 e. The van der Waals surface area contributed by atoms with Crippen molar-refractivity contribution < 1.29 is 0 Å². The lowest BCUT2D eigenvalue weighted by molar-refractivity contribution is 1.17. The fourth-order valence-corrected chi connectivity index (χ4v) is 24.3. The quantitative estimate of drug-likeness (QED) is 0.0903. The highest BCUT2D eigenvalue weighted by molar-refractivity contribution is 7.20. The second-order valence-electron chi connectivity index (χ2n) is 22.1. The van der Waals surface area contributed by atoms with Gasteiger partial charge in [0, 0.05) is 67.5 Å². The number of aromatic nitrogens is 4. The van der Waals surface area contributed by atoms with E-state index >= 15 is 0 Å². The third-order valence-corrected chi connectivity index (χ3v) is 28.3. The van der Waals surface area contributed by atoms with Gasteiger partial charge >= 0.3 is 0 Å². The van der Waals surface area contributed by atoms with E-state index in [9.17, 15) is 0 Å². The van der Waals surface area contributed by atoms with Crippen LogP contribution in [0.5, 0.6) is 0 Å². The van der Waals surface area contributed by atoms with E-state index in [-0.39, 0.29) is 0 Å². The highest BCUT2D eigenvalue weighted by atomic mass is 32.1. The number of nitrogens with zero attached hydrogens (tertiary/aromatic N) is 4. The molecule has 400 valence electrons. The van der Waals surface area contributed by atoms with Gasteiger partial charge in [0.2, 0.25) is 0 Å². The summed E-state index contributed by atoms with van der Waals surface area (Å²) in [5, 5.41) is 19.0. The summed E-state index contributed by atoms with van der Waals surface area (Å²) in [6.45, 7) is 0. The van der Waals surface area contributed by atoms with Gasteiger partial charge in [0.15, 0.2) is 16.1 Å². The minimum atomic E-state index is -2.66. The molecule has 0 aliphatic rings. The van der Waals surface area contributed by atoms with E-state index in [1.54, 1.807) is 11.3 Å². The Kier molecular flexibility index (Phi) is 12.4. The highest BCUT2D eigenvalue weighted by Crippen LogP contribution is 2.41. The molecule has 16 aromatic rings. The van der Waals surface area contributed by atoms with Crippen molar-refractivity contribution >= 4 is 123 Å². The van der Waals surface area contributed by atoms with Gasteiger partial charge in [-0.3, -0.25) is 9.97 Å². The van der Waals surface area contributed by atoms with Crippen molar-refractivity contribution in [2.75, 3.05) is 0 Å². The summed E-state index contributed by atoms with van der Waals surface area (Å²) in [4.78, 5) is 9.42. The first-order valence-corrected chi connectivity index (χ1v) is 33.9. The Balaban J connectivity index is 0.775. The molecule has 11 aromatic carbocycles. The lowest BCUT2D eigenvalue weighted by atomic mass is 10.0. The maximum absolute atomic E-state index is 4.71. The smallest absolute Gasteiger partial charge is 0.179 e. The van der Waals surface area contributed by atoms with Crippen molar-refractivity contribution in [1.29, 1.82) is 0 Å². The molecule has 0 spiro atoms. The predicted octanol–water partition coefficient (Wildman–Crippen LogP) is 14.0. The second kappa shape index (κ2) is 20.9. The predicted molar refractivity (Wildman–Crippen MR) is 364 cm³/mol. The van der Waals surface area contributed by atoms with Crippen LogP contribution in [0.3, 0.4) is 0 Å². The molecule has 16 rings (SSSR count). The molecule has 85 heavy (non-hydrogen) atoms. The van der Waals surface area contributed by atoms with Gasteiger partial charge in [0.1, 0.15) is 0 Å². The van der Waals surface area contributed by atoms with Crippen LogP contribution in [0.4, 0.5) is 0 Å². The molecule has 0 atom stereocenters. The Bertz CT molecular complexity index is 4890. The fraction of sp³-hybridized carbons (Fsp3) is 0. The van der Waals surface area contributed by atoms with Crippen LogP contribution in [0.15, 0.2) is 327 Å². The van der Waals surface area contributed by atoms with Gasteiger partial charge in [0.05, 0.1) is 27.8 Å². The minimum Gasteiger partial charge on any atom is -0.309 e. The van der Waals surface area contributed by atoms with E-state index in [0.29, 0.717) is 0 Å². The molecule has 0 aliphatic heterocycles. The first-order valence-electron chi connectivity index (χ1n) is 29.0. The normalized spacial score (nSPS) is 12.0. The van der Waals surface area contributed by atoms with Crippen molar-refractivity contribution in [3.8, 4) is 33.6 Å². The van der Waals surface area contributed by atoms with Crippen LogP contribution in [-0.4, -0.2) is 35.2 Å². The van der Waals surface area contributed by atoms with Gasteiger partial charge in [-0.1, -0.05) is 243 Å². The third-order valence-electron chi connectivity index (χ3n) is 17.7. The zero-order valence-electron chi connectivity index (χ0n) is 46.4. The van der Waals surface area contributed by atoms with Crippen molar-refractivity contribution in [2.45, 2.75) is 0 Å². The lowest BCUT2D eigenvalue weighted by Gasteiger charge is -2.34. The minimum absolute atomic E-state index is 1.10. The Hall–Kier alpha value is -10.3. The van der Waals surface area contributed by atoms with E-state index in [2.05, 4.69) is 312 Å². The summed E-state index contributed by atoms with van der Waals surface area (Å²) in [6.07, 6.45) is 7.89. The molecule has 4 nitrogen and oxygen atoms in total. The molecule has 0 bridgehead atoms. The number of hydrogen-bond donors (Lipinski definition) is 0. The van der Waals surface area contributed by atoms with Crippen LogP contribution in [0.2, 0.25) is 0 Å². The first kappa shape index (κ1) is 50.4. The van der Waals surface area contributed by atoms with Gasteiger partial charge in [-0.15, -0.1) is 11.3 Å². The van der Waals surface area contributed by atoms with E-state index in [1.807, 2.05) is 24.8 Å². The van der Waals surface area contributed by atoms with Crippen LogP contribution in [-0.2, 0) is 0 Å². The number of fused-ring (bicyclic) bond motifs is 7. The SMILES string of the molecule is c1ccc([Si](c2ccccc2)(c2ccccc2)c2ccc(-c3ccc4c(c3)c3cnccc3n4-c3ccc4scc(-n5c6ccncc6c6cc(-c7ccc([Si](c8ccccc8)(c8ccccc8)c8ccccc8)cc7)ccc65)c4c3)cc2)cc1. The summed E-state index contributed by atoms with van der Waals surface area (Å²) in [7, 11) is -5.33. The van der Waals surface area contributed by atoms with Gasteiger partial charge < -0.3 is 9.13 Å². The molecule has 0 aliphatic carbocycles. The van der Waals surface area contributed by atoms with Crippen molar-refractivity contribution in [3.05, 3.63) is 327 Å². The molecule has 0 radical (unpaired) electrons. The average Bonchev–Trinajstić information content (AvgIpc) is 2.82. The fourth-order valence-electron chi connectivity index (χ4n) is 13.9. The standard InChI is InChI=1S/C78H54N4SSi2/c1-7-19-60(20-8-1)84(61-21-9-2-10-22-61,62-23-11-3-12-24-62)66-38-31-55(32-39-66)57-35-42-73-68(49-57)71-52-79-47-45-75(71)81(73)59-37-44-78-70(51-59)77(54-83-78)82-74-43-36-58(50-69(74)72-53-80-48-46-76(72)82)56-33-40-67(41-34-56)85(63-25-13-4-14-26-63,64-27-15-5-16-28-64)65-29-17-6-18-30-65/h1-54H. The maximum atomic E-state index is 4.71. The molecule has 0 fully saturated rings. The van der Waals surface area contributed by atoms with Gasteiger partial charge in [0.25, 0.3) is 0 Å². The summed E-state index contributed by atoms with van der Waals surface area (Å²) in [5.41, 5.74) is 11.5. The molecular formula is C78H54N4SSi2. The Morgan fingerprint density at radius 3 is 1.01 bits per heavy atom. The lowest BCUT2D eigenvalue weighted by Crippen LogP contribution is -2.74. The summed E-state index contributed by atoms with van der Waals surface area (Å²) >= 11 is 1.79. The second-order valence-corrected chi connectivity index (χ2v) is 30.6. The molecule has 5 heterocycles. The van der Waals surface area contributed by atoms with Crippen molar-refractivity contribution in [3.63, 3.8) is 0 Å². The Morgan fingerprint density at radius 2 is 0.612 bits per heavy atom.